The van der Waals surface area contributed by atoms with Crippen LogP contribution in [0.5, 0.6) is 0 Å². The average molecular weight is 292 g/mol. The highest BCUT2D eigenvalue weighted by Crippen LogP contribution is 2.34. The fourth-order valence-corrected chi connectivity index (χ4v) is 2.38. The van der Waals surface area contributed by atoms with Crippen molar-refractivity contribution in [1.29, 1.82) is 5.26 Å². The number of nitriles is 1. The first-order valence-electron chi connectivity index (χ1n) is 7.00. The maximum atomic E-state index is 9.02. The second-order valence-corrected chi connectivity index (χ2v) is 5.20. The molecule has 0 aliphatic heterocycles. The van der Waals surface area contributed by atoms with Crippen molar-refractivity contribution in [1.82, 2.24) is 35.0 Å². The first-order chi connectivity index (χ1) is 10.8. The van der Waals surface area contributed by atoms with E-state index < -0.39 is 0 Å². The number of nitrogens with zero attached hydrogens (tertiary/aromatic N) is 8. The van der Waals surface area contributed by atoms with Crippen molar-refractivity contribution >= 4 is 0 Å². The summed E-state index contributed by atoms with van der Waals surface area (Å²) in [5.74, 6) is 1.47. The van der Waals surface area contributed by atoms with Crippen LogP contribution in [0, 0.1) is 11.3 Å². The molecule has 0 radical (unpaired) electrons. The van der Waals surface area contributed by atoms with Gasteiger partial charge in [-0.3, -0.25) is 0 Å². The van der Waals surface area contributed by atoms with E-state index in [-0.39, 0.29) is 0 Å². The molecule has 0 spiro atoms. The van der Waals surface area contributed by atoms with Crippen molar-refractivity contribution in [3.05, 3.63) is 42.0 Å². The summed E-state index contributed by atoms with van der Waals surface area (Å²) in [4.78, 5) is 4.30. The highest BCUT2D eigenvalue weighted by Gasteiger charge is 2.28. The van der Waals surface area contributed by atoms with E-state index in [1.165, 1.54) is 6.33 Å². The summed E-state index contributed by atoms with van der Waals surface area (Å²) < 4.78 is 3.61. The Morgan fingerprint density at radius 1 is 1.32 bits per heavy atom. The van der Waals surface area contributed by atoms with Crippen LogP contribution in [0.4, 0.5) is 0 Å². The number of benzene rings is 1. The molecule has 0 N–H and O–H groups in total. The van der Waals surface area contributed by atoms with Crippen molar-refractivity contribution in [2.45, 2.75) is 25.4 Å². The minimum Gasteiger partial charge on any atom is -0.238 e. The van der Waals surface area contributed by atoms with Crippen LogP contribution in [0.25, 0.3) is 11.4 Å². The van der Waals surface area contributed by atoms with Crippen LogP contribution in [-0.4, -0.2) is 35.0 Å². The minimum absolute atomic E-state index is 0.416. The zero-order chi connectivity index (χ0) is 14.9. The van der Waals surface area contributed by atoms with E-state index in [0.717, 1.165) is 24.2 Å². The summed E-state index contributed by atoms with van der Waals surface area (Å²) in [5.41, 5.74) is 1.44. The largest absolute Gasteiger partial charge is 0.238 e. The van der Waals surface area contributed by atoms with Crippen molar-refractivity contribution in [3.8, 4) is 17.5 Å². The van der Waals surface area contributed by atoms with Crippen molar-refractivity contribution in [2.75, 3.05) is 0 Å². The molecule has 0 saturated heterocycles. The lowest BCUT2D eigenvalue weighted by Gasteiger charge is -2.06. The lowest BCUT2D eigenvalue weighted by molar-refractivity contribution is 0.552. The highest BCUT2D eigenvalue weighted by atomic mass is 15.6. The zero-order valence-corrected chi connectivity index (χ0v) is 11.7. The first kappa shape index (κ1) is 12.6. The Hall–Kier alpha value is -3.08. The summed E-state index contributed by atoms with van der Waals surface area (Å²) in [7, 11) is 0. The number of tetrazole rings is 1. The van der Waals surface area contributed by atoms with Crippen LogP contribution in [0.2, 0.25) is 0 Å². The van der Waals surface area contributed by atoms with Crippen molar-refractivity contribution in [2.24, 2.45) is 0 Å². The van der Waals surface area contributed by atoms with Crippen LogP contribution in [0.15, 0.2) is 30.6 Å². The van der Waals surface area contributed by atoms with Gasteiger partial charge in [0, 0.05) is 5.56 Å². The van der Waals surface area contributed by atoms with Crippen molar-refractivity contribution in [3.63, 3.8) is 0 Å². The molecule has 8 nitrogen and oxygen atoms in total. The molecule has 1 fully saturated rings. The molecule has 1 aliphatic rings. The molecule has 0 bridgehead atoms. The van der Waals surface area contributed by atoms with E-state index in [1.54, 1.807) is 16.8 Å². The number of hydrogen-bond acceptors (Lipinski definition) is 6. The third-order valence-corrected chi connectivity index (χ3v) is 3.61. The van der Waals surface area contributed by atoms with Gasteiger partial charge < -0.3 is 0 Å². The predicted molar refractivity (Wildman–Crippen MR) is 75.4 cm³/mol. The van der Waals surface area contributed by atoms with Gasteiger partial charge in [0.05, 0.1) is 17.7 Å². The third-order valence-electron chi connectivity index (χ3n) is 3.61. The molecule has 3 aromatic rings. The van der Waals surface area contributed by atoms with Crippen LogP contribution >= 0.6 is 0 Å². The number of hydrogen-bond donors (Lipinski definition) is 0. The van der Waals surface area contributed by atoms with Gasteiger partial charge in [-0.1, -0.05) is 12.1 Å². The van der Waals surface area contributed by atoms with Gasteiger partial charge in [-0.2, -0.15) is 10.4 Å². The monoisotopic (exact) mass is 292 g/mol. The van der Waals surface area contributed by atoms with Gasteiger partial charge in [0.15, 0.2) is 11.6 Å². The molecular formula is C14H12N8. The second-order valence-electron chi connectivity index (χ2n) is 5.20. The quantitative estimate of drug-likeness (QED) is 0.716. The summed E-state index contributed by atoms with van der Waals surface area (Å²) >= 11 is 0. The molecule has 1 aliphatic carbocycles. The second kappa shape index (κ2) is 5.04. The highest BCUT2D eigenvalue weighted by molar-refractivity contribution is 5.57. The molecule has 0 amide bonds. The fraction of sp³-hybridized carbons (Fsp3) is 0.286. The van der Waals surface area contributed by atoms with E-state index in [1.807, 2.05) is 16.8 Å². The van der Waals surface area contributed by atoms with Gasteiger partial charge in [-0.25, -0.2) is 14.3 Å². The smallest absolute Gasteiger partial charge is 0.173 e. The average Bonchev–Trinajstić information content (AvgIpc) is 3.11. The lowest BCUT2D eigenvalue weighted by atomic mass is 10.1. The maximum Gasteiger partial charge on any atom is 0.173 e. The Morgan fingerprint density at radius 2 is 2.23 bits per heavy atom. The summed E-state index contributed by atoms with van der Waals surface area (Å²) in [5, 5.41) is 25.1. The molecule has 2 heterocycles. The van der Waals surface area contributed by atoms with Crippen LogP contribution in [-0.2, 0) is 6.54 Å². The fourth-order valence-electron chi connectivity index (χ4n) is 2.38. The Bertz CT molecular complexity index is 852. The normalized spacial score (nSPS) is 14.0. The van der Waals surface area contributed by atoms with Gasteiger partial charge in [0.1, 0.15) is 12.9 Å². The number of aromatic nitrogens is 7. The molecule has 22 heavy (non-hydrogen) atoms. The SMILES string of the molecule is N#Cc1cccc(-c2ncnn2Cc2nnnn2C2CC2)c1. The Kier molecular flexibility index (Phi) is 2.89. The molecule has 0 unspecified atom stereocenters. The van der Waals surface area contributed by atoms with E-state index in [9.17, 15) is 0 Å². The van der Waals surface area contributed by atoms with Crippen LogP contribution in [0.3, 0.4) is 0 Å². The van der Waals surface area contributed by atoms with Gasteiger partial charge in [-0.15, -0.1) is 5.10 Å². The first-order valence-corrected chi connectivity index (χ1v) is 7.00. The van der Waals surface area contributed by atoms with E-state index in [2.05, 4.69) is 31.7 Å². The van der Waals surface area contributed by atoms with Crippen LogP contribution < -0.4 is 0 Å². The van der Waals surface area contributed by atoms with Gasteiger partial charge in [0.25, 0.3) is 0 Å². The predicted octanol–water partition coefficient (Wildman–Crippen LogP) is 1.19. The van der Waals surface area contributed by atoms with E-state index in [4.69, 9.17) is 5.26 Å². The molecule has 1 aromatic carbocycles. The molecule has 108 valence electrons. The third kappa shape index (κ3) is 2.22. The Balaban J connectivity index is 1.68. The molecule has 0 atom stereocenters. The lowest BCUT2D eigenvalue weighted by Crippen LogP contribution is -2.11. The maximum absolute atomic E-state index is 9.02. The summed E-state index contributed by atoms with van der Waals surface area (Å²) in [6, 6.07) is 9.85. The van der Waals surface area contributed by atoms with E-state index in [0.29, 0.717) is 24.0 Å². The topological polar surface area (TPSA) is 98.1 Å². The van der Waals surface area contributed by atoms with Crippen LogP contribution in [0.1, 0.15) is 30.3 Å². The van der Waals surface area contributed by atoms with Gasteiger partial charge in [-0.05, 0) is 35.4 Å². The Labute approximate surface area is 126 Å². The van der Waals surface area contributed by atoms with Gasteiger partial charge in [0.2, 0.25) is 0 Å². The number of rotatable bonds is 4. The van der Waals surface area contributed by atoms with Gasteiger partial charge >= 0.3 is 0 Å². The molecule has 4 rings (SSSR count). The summed E-state index contributed by atoms with van der Waals surface area (Å²) in [6.45, 7) is 0.454. The minimum atomic E-state index is 0.416. The molecular weight excluding hydrogens is 280 g/mol. The molecule has 8 heteroatoms. The molecule has 1 saturated carbocycles. The van der Waals surface area contributed by atoms with E-state index >= 15 is 0 Å². The molecule has 2 aromatic heterocycles. The van der Waals surface area contributed by atoms with Crippen molar-refractivity contribution < 1.29 is 0 Å². The summed E-state index contributed by atoms with van der Waals surface area (Å²) in [6.07, 6.45) is 3.73. The standard InChI is InChI=1S/C14H12N8/c15-7-10-2-1-3-11(6-10)14-16-9-17-21(14)8-13-18-19-20-22(13)12-4-5-12/h1-3,6,9,12H,4-5,8H2. The zero-order valence-electron chi connectivity index (χ0n) is 11.7. The Morgan fingerprint density at radius 3 is 3.05 bits per heavy atom.